The standard InChI is InChI=1S/C9H7BrClF3N2O/c10-6-2-4(11)1-5(7(6)15)8(17)16-3-9(12,13)14/h1-2H,3,15H2,(H,16,17). The predicted octanol–water partition coefficient (Wildman–Crippen LogP) is 2.98. The molecule has 0 saturated heterocycles. The maximum atomic E-state index is 11.9. The van der Waals surface area contributed by atoms with E-state index in [4.69, 9.17) is 17.3 Å². The molecule has 1 amide bonds. The fourth-order valence-corrected chi connectivity index (χ4v) is 1.86. The highest BCUT2D eigenvalue weighted by Crippen LogP contribution is 2.28. The van der Waals surface area contributed by atoms with Gasteiger partial charge in [-0.15, -0.1) is 0 Å². The van der Waals surface area contributed by atoms with Crippen molar-refractivity contribution in [2.24, 2.45) is 0 Å². The number of alkyl halides is 3. The van der Waals surface area contributed by atoms with E-state index < -0.39 is 18.6 Å². The molecule has 0 aromatic heterocycles. The van der Waals surface area contributed by atoms with Crippen LogP contribution >= 0.6 is 27.5 Å². The molecule has 0 spiro atoms. The number of anilines is 1. The summed E-state index contributed by atoms with van der Waals surface area (Å²) in [5.74, 6) is -0.928. The molecule has 94 valence electrons. The average Bonchev–Trinajstić information content (AvgIpc) is 2.19. The molecule has 0 fully saturated rings. The van der Waals surface area contributed by atoms with Gasteiger partial charge in [-0.25, -0.2) is 0 Å². The zero-order valence-electron chi connectivity index (χ0n) is 8.24. The molecule has 3 N–H and O–H groups in total. The minimum absolute atomic E-state index is 0.0362. The maximum Gasteiger partial charge on any atom is 0.405 e. The highest BCUT2D eigenvalue weighted by molar-refractivity contribution is 9.10. The van der Waals surface area contributed by atoms with Crippen molar-refractivity contribution in [1.29, 1.82) is 0 Å². The normalized spacial score (nSPS) is 11.4. The van der Waals surface area contributed by atoms with Crippen LogP contribution in [0.2, 0.25) is 5.02 Å². The Morgan fingerprint density at radius 1 is 1.47 bits per heavy atom. The molecule has 0 bridgehead atoms. The van der Waals surface area contributed by atoms with Crippen molar-refractivity contribution in [2.75, 3.05) is 12.3 Å². The van der Waals surface area contributed by atoms with E-state index in [-0.39, 0.29) is 16.3 Å². The van der Waals surface area contributed by atoms with Gasteiger partial charge in [-0.3, -0.25) is 4.79 Å². The number of hydrogen-bond acceptors (Lipinski definition) is 2. The molecule has 0 unspecified atom stereocenters. The minimum atomic E-state index is -4.47. The number of carbonyl (C=O) groups is 1. The summed E-state index contributed by atoms with van der Waals surface area (Å²) < 4.78 is 36.1. The number of carbonyl (C=O) groups excluding carboxylic acids is 1. The van der Waals surface area contributed by atoms with Gasteiger partial charge in [-0.05, 0) is 28.1 Å². The molecule has 3 nitrogen and oxygen atoms in total. The topological polar surface area (TPSA) is 55.1 Å². The summed E-state index contributed by atoms with van der Waals surface area (Å²) in [6.45, 7) is -1.42. The number of amides is 1. The first-order valence-electron chi connectivity index (χ1n) is 4.30. The maximum absolute atomic E-state index is 11.9. The third kappa shape index (κ3) is 4.08. The van der Waals surface area contributed by atoms with Crippen LogP contribution in [0.5, 0.6) is 0 Å². The molecule has 1 rings (SSSR count). The second-order valence-electron chi connectivity index (χ2n) is 3.15. The number of halogens is 5. The van der Waals surface area contributed by atoms with Crippen LogP contribution in [0.1, 0.15) is 10.4 Å². The Kier molecular flexibility index (Phi) is 4.26. The van der Waals surface area contributed by atoms with E-state index in [1.165, 1.54) is 12.1 Å². The smallest absolute Gasteiger partial charge is 0.397 e. The molecule has 8 heteroatoms. The zero-order valence-corrected chi connectivity index (χ0v) is 10.6. The summed E-state index contributed by atoms with van der Waals surface area (Å²) in [6, 6.07) is 2.64. The number of benzene rings is 1. The quantitative estimate of drug-likeness (QED) is 0.819. The summed E-state index contributed by atoms with van der Waals surface area (Å²) in [5, 5.41) is 1.91. The highest BCUT2D eigenvalue weighted by atomic mass is 79.9. The molecule has 0 saturated carbocycles. The van der Waals surface area contributed by atoms with Crippen LogP contribution in [-0.4, -0.2) is 18.6 Å². The van der Waals surface area contributed by atoms with Crippen molar-refractivity contribution in [3.63, 3.8) is 0 Å². The molecule has 1 aromatic rings. The van der Waals surface area contributed by atoms with Crippen LogP contribution in [-0.2, 0) is 0 Å². The van der Waals surface area contributed by atoms with Gasteiger partial charge in [0.25, 0.3) is 5.91 Å². The van der Waals surface area contributed by atoms with Gasteiger partial charge in [0.2, 0.25) is 0 Å². The molecular weight excluding hydrogens is 324 g/mol. The Bertz CT molecular complexity index is 451. The minimum Gasteiger partial charge on any atom is -0.397 e. The molecule has 17 heavy (non-hydrogen) atoms. The Morgan fingerprint density at radius 2 is 2.06 bits per heavy atom. The van der Waals surface area contributed by atoms with Crippen molar-refractivity contribution in [3.8, 4) is 0 Å². The number of hydrogen-bond donors (Lipinski definition) is 2. The van der Waals surface area contributed by atoms with Crippen molar-refractivity contribution in [3.05, 3.63) is 27.2 Å². The third-order valence-electron chi connectivity index (χ3n) is 1.79. The van der Waals surface area contributed by atoms with Crippen molar-refractivity contribution >= 4 is 39.1 Å². The monoisotopic (exact) mass is 330 g/mol. The molecule has 0 aliphatic rings. The van der Waals surface area contributed by atoms with E-state index in [0.717, 1.165) is 0 Å². The first kappa shape index (κ1) is 14.1. The lowest BCUT2D eigenvalue weighted by Crippen LogP contribution is -2.34. The number of nitrogens with one attached hydrogen (secondary N) is 1. The molecule has 0 radical (unpaired) electrons. The summed E-state index contributed by atoms with van der Waals surface area (Å²) in [4.78, 5) is 11.4. The Balaban J connectivity index is 2.90. The molecular formula is C9H7BrClF3N2O. The lowest BCUT2D eigenvalue weighted by Gasteiger charge is -2.11. The van der Waals surface area contributed by atoms with E-state index in [2.05, 4.69) is 15.9 Å². The van der Waals surface area contributed by atoms with Gasteiger partial charge in [0.05, 0.1) is 11.3 Å². The summed E-state index contributed by atoms with van der Waals surface area (Å²) >= 11 is 8.71. The largest absolute Gasteiger partial charge is 0.405 e. The molecule has 1 aromatic carbocycles. The predicted molar refractivity (Wildman–Crippen MR) is 62.0 cm³/mol. The van der Waals surface area contributed by atoms with E-state index in [1.54, 1.807) is 5.32 Å². The van der Waals surface area contributed by atoms with Gasteiger partial charge < -0.3 is 11.1 Å². The van der Waals surface area contributed by atoms with Crippen molar-refractivity contribution in [1.82, 2.24) is 5.32 Å². The van der Waals surface area contributed by atoms with Gasteiger partial charge in [-0.2, -0.15) is 13.2 Å². The average molecular weight is 332 g/mol. The summed E-state index contributed by atoms with van der Waals surface area (Å²) in [5.41, 5.74) is 5.48. The SMILES string of the molecule is Nc1c(Br)cc(Cl)cc1C(=O)NCC(F)(F)F. The summed E-state index contributed by atoms with van der Waals surface area (Å²) in [7, 11) is 0. The van der Waals surface area contributed by atoms with Crippen LogP contribution in [0.25, 0.3) is 0 Å². The lowest BCUT2D eigenvalue weighted by atomic mass is 10.1. The van der Waals surface area contributed by atoms with Crippen LogP contribution in [0.4, 0.5) is 18.9 Å². The Morgan fingerprint density at radius 3 is 2.59 bits per heavy atom. The molecule has 0 heterocycles. The van der Waals surface area contributed by atoms with E-state index in [0.29, 0.717) is 4.47 Å². The van der Waals surface area contributed by atoms with Crippen LogP contribution in [0, 0.1) is 0 Å². The van der Waals surface area contributed by atoms with Crippen LogP contribution in [0.3, 0.4) is 0 Å². The number of nitrogens with two attached hydrogens (primary N) is 1. The van der Waals surface area contributed by atoms with Gasteiger partial charge in [-0.1, -0.05) is 11.6 Å². The molecule has 0 aliphatic carbocycles. The van der Waals surface area contributed by atoms with Crippen molar-refractivity contribution < 1.29 is 18.0 Å². The number of nitrogen functional groups attached to an aromatic ring is 1. The number of rotatable bonds is 2. The molecule has 0 atom stereocenters. The van der Waals surface area contributed by atoms with Gasteiger partial charge >= 0.3 is 6.18 Å². The van der Waals surface area contributed by atoms with E-state index in [9.17, 15) is 18.0 Å². The second-order valence-corrected chi connectivity index (χ2v) is 4.44. The first-order chi connectivity index (χ1) is 7.70. The van der Waals surface area contributed by atoms with Crippen LogP contribution < -0.4 is 11.1 Å². The first-order valence-corrected chi connectivity index (χ1v) is 5.47. The second kappa shape index (κ2) is 5.14. The van der Waals surface area contributed by atoms with E-state index in [1.807, 2.05) is 0 Å². The third-order valence-corrected chi connectivity index (χ3v) is 2.66. The Hall–Kier alpha value is -0.950. The van der Waals surface area contributed by atoms with Gasteiger partial charge in [0.1, 0.15) is 6.54 Å². The highest BCUT2D eigenvalue weighted by Gasteiger charge is 2.28. The molecule has 0 aliphatic heterocycles. The van der Waals surface area contributed by atoms with Gasteiger partial charge in [0, 0.05) is 9.50 Å². The van der Waals surface area contributed by atoms with Gasteiger partial charge in [0.15, 0.2) is 0 Å². The Labute approximate surface area is 108 Å². The van der Waals surface area contributed by atoms with E-state index >= 15 is 0 Å². The van der Waals surface area contributed by atoms with Crippen LogP contribution in [0.15, 0.2) is 16.6 Å². The fraction of sp³-hybridized carbons (Fsp3) is 0.222. The zero-order chi connectivity index (χ0) is 13.2. The fourth-order valence-electron chi connectivity index (χ4n) is 1.05. The van der Waals surface area contributed by atoms with Crippen molar-refractivity contribution in [2.45, 2.75) is 6.18 Å². The lowest BCUT2D eigenvalue weighted by molar-refractivity contribution is -0.123. The summed E-state index contributed by atoms with van der Waals surface area (Å²) in [6.07, 6.45) is -4.47.